The number of hydrogen-bond acceptors (Lipinski definition) is 4. The second kappa shape index (κ2) is 6.31. The van der Waals surface area contributed by atoms with Crippen molar-refractivity contribution in [2.75, 3.05) is 0 Å². The second-order valence-electron chi connectivity index (χ2n) is 5.14. The summed E-state index contributed by atoms with van der Waals surface area (Å²) in [6, 6.07) is 9.11. The molecule has 8 heteroatoms. The van der Waals surface area contributed by atoms with E-state index in [0.29, 0.717) is 16.8 Å². The summed E-state index contributed by atoms with van der Waals surface area (Å²) in [5.41, 5.74) is 5.81. The maximum atomic E-state index is 12.7. The predicted octanol–water partition coefficient (Wildman–Crippen LogP) is 3.32. The quantitative estimate of drug-likeness (QED) is 0.790. The van der Waals surface area contributed by atoms with Gasteiger partial charge in [-0.25, -0.2) is 9.97 Å². The molecule has 2 N–H and O–H groups in total. The van der Waals surface area contributed by atoms with Crippen LogP contribution in [0.2, 0.25) is 0 Å². The second-order valence-corrected chi connectivity index (χ2v) is 5.14. The summed E-state index contributed by atoms with van der Waals surface area (Å²) < 4.78 is 38.1. The maximum absolute atomic E-state index is 12.7. The van der Waals surface area contributed by atoms with Crippen molar-refractivity contribution in [2.24, 2.45) is 5.73 Å². The number of primary amides is 1. The first-order valence-corrected chi connectivity index (χ1v) is 7.11. The average Bonchev–Trinajstić information content (AvgIpc) is 2.61. The molecule has 0 aliphatic carbocycles. The molecule has 2 heterocycles. The molecule has 25 heavy (non-hydrogen) atoms. The number of halogens is 3. The van der Waals surface area contributed by atoms with Gasteiger partial charge in [0.05, 0.1) is 11.3 Å². The summed E-state index contributed by atoms with van der Waals surface area (Å²) in [6.45, 7) is 0. The van der Waals surface area contributed by atoms with Crippen LogP contribution in [0, 0.1) is 0 Å². The van der Waals surface area contributed by atoms with Crippen LogP contribution in [0.25, 0.3) is 22.6 Å². The van der Waals surface area contributed by atoms with Gasteiger partial charge in [-0.2, -0.15) is 13.2 Å². The Bertz CT molecular complexity index is 909. The first-order chi connectivity index (χ1) is 11.8. The number of carbonyl (C=O) groups excluding carboxylic acids is 1. The van der Waals surface area contributed by atoms with E-state index < -0.39 is 17.6 Å². The first kappa shape index (κ1) is 16.6. The SMILES string of the molecule is NC(=O)c1cc(-c2ccc(C(F)(F)F)cc2)nc(-c2ccncc2)n1. The highest BCUT2D eigenvalue weighted by Gasteiger charge is 2.30. The van der Waals surface area contributed by atoms with Gasteiger partial charge in [0, 0.05) is 23.5 Å². The topological polar surface area (TPSA) is 81.8 Å². The molecule has 0 spiro atoms. The molecule has 2 aromatic heterocycles. The molecular formula is C17H11F3N4O. The van der Waals surface area contributed by atoms with Crippen molar-refractivity contribution in [3.63, 3.8) is 0 Å². The van der Waals surface area contributed by atoms with Crippen LogP contribution in [-0.4, -0.2) is 20.9 Å². The standard InChI is InChI=1S/C17H11F3N4O/c18-17(19,20)12-3-1-10(2-4-12)13-9-14(15(21)25)24-16(23-13)11-5-7-22-8-6-11/h1-9H,(H2,21,25). The summed E-state index contributed by atoms with van der Waals surface area (Å²) in [5.74, 6) is -0.528. The highest BCUT2D eigenvalue weighted by molar-refractivity contribution is 5.92. The molecule has 0 aliphatic heterocycles. The molecule has 5 nitrogen and oxygen atoms in total. The number of nitrogens with two attached hydrogens (primary N) is 1. The van der Waals surface area contributed by atoms with Gasteiger partial charge in [-0.1, -0.05) is 12.1 Å². The number of benzene rings is 1. The van der Waals surface area contributed by atoms with Gasteiger partial charge in [0.15, 0.2) is 5.82 Å². The van der Waals surface area contributed by atoms with E-state index in [0.717, 1.165) is 12.1 Å². The van der Waals surface area contributed by atoms with Crippen LogP contribution in [0.1, 0.15) is 16.1 Å². The monoisotopic (exact) mass is 344 g/mol. The molecule has 0 radical (unpaired) electrons. The molecule has 3 aromatic rings. The molecule has 0 saturated heterocycles. The smallest absolute Gasteiger partial charge is 0.364 e. The largest absolute Gasteiger partial charge is 0.416 e. The van der Waals surface area contributed by atoms with Gasteiger partial charge in [-0.05, 0) is 30.3 Å². The van der Waals surface area contributed by atoms with E-state index in [2.05, 4.69) is 15.0 Å². The van der Waals surface area contributed by atoms with Crippen LogP contribution < -0.4 is 5.73 Å². The third-order valence-corrected chi connectivity index (χ3v) is 3.43. The molecule has 0 atom stereocenters. The fraction of sp³-hybridized carbons (Fsp3) is 0.0588. The van der Waals surface area contributed by atoms with Crippen LogP contribution in [0.15, 0.2) is 54.9 Å². The zero-order valence-electron chi connectivity index (χ0n) is 12.7. The summed E-state index contributed by atoms with van der Waals surface area (Å²) >= 11 is 0. The Balaban J connectivity index is 2.09. The van der Waals surface area contributed by atoms with E-state index in [9.17, 15) is 18.0 Å². The first-order valence-electron chi connectivity index (χ1n) is 7.11. The predicted molar refractivity (Wildman–Crippen MR) is 84.2 cm³/mol. The molecule has 0 unspecified atom stereocenters. The fourth-order valence-corrected chi connectivity index (χ4v) is 2.18. The Morgan fingerprint density at radius 1 is 0.920 bits per heavy atom. The summed E-state index contributed by atoms with van der Waals surface area (Å²) in [6.07, 6.45) is -1.36. The van der Waals surface area contributed by atoms with E-state index in [4.69, 9.17) is 5.73 Å². The number of hydrogen-bond donors (Lipinski definition) is 1. The Labute approximate surface area is 140 Å². The number of carbonyl (C=O) groups is 1. The number of nitrogens with zero attached hydrogens (tertiary/aromatic N) is 3. The summed E-state index contributed by atoms with van der Waals surface area (Å²) in [7, 11) is 0. The fourth-order valence-electron chi connectivity index (χ4n) is 2.18. The Morgan fingerprint density at radius 3 is 2.12 bits per heavy atom. The van der Waals surface area contributed by atoms with Crippen molar-refractivity contribution in [3.8, 4) is 22.6 Å². The van der Waals surface area contributed by atoms with Gasteiger partial charge in [-0.15, -0.1) is 0 Å². The molecule has 3 rings (SSSR count). The minimum absolute atomic E-state index is 0.0308. The zero-order valence-corrected chi connectivity index (χ0v) is 12.7. The molecule has 0 bridgehead atoms. The lowest BCUT2D eigenvalue weighted by Crippen LogP contribution is -2.14. The van der Waals surface area contributed by atoms with Crippen LogP contribution in [-0.2, 0) is 6.18 Å². The van der Waals surface area contributed by atoms with Crippen molar-refractivity contribution in [3.05, 3.63) is 66.1 Å². The van der Waals surface area contributed by atoms with Gasteiger partial charge in [-0.3, -0.25) is 9.78 Å². The average molecular weight is 344 g/mol. The Morgan fingerprint density at radius 2 is 1.56 bits per heavy atom. The zero-order chi connectivity index (χ0) is 18.0. The normalized spacial score (nSPS) is 11.3. The van der Waals surface area contributed by atoms with Crippen molar-refractivity contribution < 1.29 is 18.0 Å². The van der Waals surface area contributed by atoms with E-state index in [1.54, 1.807) is 12.1 Å². The van der Waals surface area contributed by atoms with Crippen LogP contribution in [0.5, 0.6) is 0 Å². The third-order valence-electron chi connectivity index (χ3n) is 3.43. The highest BCUT2D eigenvalue weighted by atomic mass is 19.4. The van der Waals surface area contributed by atoms with Crippen molar-refractivity contribution in [2.45, 2.75) is 6.18 Å². The lowest BCUT2D eigenvalue weighted by molar-refractivity contribution is -0.137. The molecular weight excluding hydrogens is 333 g/mol. The minimum atomic E-state index is -4.43. The van der Waals surface area contributed by atoms with Crippen LogP contribution >= 0.6 is 0 Å². The number of pyridine rings is 1. The molecule has 0 fully saturated rings. The molecule has 0 aliphatic rings. The number of aromatic nitrogens is 3. The van der Waals surface area contributed by atoms with Gasteiger partial charge in [0.1, 0.15) is 5.69 Å². The van der Waals surface area contributed by atoms with Crippen molar-refractivity contribution >= 4 is 5.91 Å². The van der Waals surface area contributed by atoms with Crippen molar-refractivity contribution in [1.82, 2.24) is 15.0 Å². The Kier molecular flexibility index (Phi) is 4.18. The van der Waals surface area contributed by atoms with Crippen LogP contribution in [0.3, 0.4) is 0 Å². The molecule has 1 amide bonds. The van der Waals surface area contributed by atoms with E-state index in [1.807, 2.05) is 0 Å². The van der Waals surface area contributed by atoms with E-state index in [1.165, 1.54) is 30.6 Å². The maximum Gasteiger partial charge on any atom is 0.416 e. The Hall–Kier alpha value is -3.29. The summed E-state index contributed by atoms with van der Waals surface area (Å²) in [5, 5.41) is 0. The molecule has 0 saturated carbocycles. The lowest BCUT2D eigenvalue weighted by atomic mass is 10.1. The van der Waals surface area contributed by atoms with Gasteiger partial charge < -0.3 is 5.73 Å². The highest BCUT2D eigenvalue weighted by Crippen LogP contribution is 2.31. The number of amides is 1. The number of rotatable bonds is 3. The van der Waals surface area contributed by atoms with Crippen molar-refractivity contribution in [1.29, 1.82) is 0 Å². The van der Waals surface area contributed by atoms with E-state index >= 15 is 0 Å². The van der Waals surface area contributed by atoms with Crippen LogP contribution in [0.4, 0.5) is 13.2 Å². The third kappa shape index (κ3) is 3.63. The lowest BCUT2D eigenvalue weighted by Gasteiger charge is -2.09. The number of alkyl halides is 3. The van der Waals surface area contributed by atoms with E-state index in [-0.39, 0.29) is 11.5 Å². The molecule has 1 aromatic carbocycles. The molecule has 126 valence electrons. The summed E-state index contributed by atoms with van der Waals surface area (Å²) in [4.78, 5) is 23.8. The van der Waals surface area contributed by atoms with Gasteiger partial charge in [0.25, 0.3) is 5.91 Å². The van der Waals surface area contributed by atoms with Gasteiger partial charge >= 0.3 is 6.18 Å². The van der Waals surface area contributed by atoms with Gasteiger partial charge in [0.2, 0.25) is 0 Å². The minimum Gasteiger partial charge on any atom is -0.364 e.